The second kappa shape index (κ2) is 4.93. The van der Waals surface area contributed by atoms with Crippen molar-refractivity contribution in [2.24, 2.45) is 0 Å². The van der Waals surface area contributed by atoms with Gasteiger partial charge in [0.1, 0.15) is 0 Å². The standard InChI is InChI=1S/C10H8FOTe.ClH/c1-7-6-10(12-13-7)8-2-4-9(11)5-3-8;/h2-6H,1H3;1H/q+1;/p-1. The van der Waals surface area contributed by atoms with Crippen molar-refractivity contribution in [3.8, 4) is 11.3 Å². The summed E-state index contributed by atoms with van der Waals surface area (Å²) >= 11 is -0.430. The van der Waals surface area contributed by atoms with E-state index in [-0.39, 0.29) is 18.2 Å². The van der Waals surface area contributed by atoms with E-state index in [0.717, 1.165) is 11.3 Å². The Morgan fingerprint density at radius 2 is 1.86 bits per heavy atom. The monoisotopic (exact) mass is 328 g/mol. The van der Waals surface area contributed by atoms with Gasteiger partial charge in [-0.2, -0.15) is 0 Å². The minimum absolute atomic E-state index is 0. The molecule has 0 aliphatic rings. The minimum Gasteiger partial charge on any atom is -1.00 e. The van der Waals surface area contributed by atoms with Gasteiger partial charge in [0.25, 0.3) is 0 Å². The molecule has 2 aromatic rings. The van der Waals surface area contributed by atoms with Crippen molar-refractivity contribution >= 4 is 20.9 Å². The molecule has 0 bridgehead atoms. The van der Waals surface area contributed by atoms with Gasteiger partial charge in [-0.05, 0) is 0 Å². The molecule has 0 saturated heterocycles. The molecule has 74 valence electrons. The van der Waals surface area contributed by atoms with Crippen LogP contribution in [-0.4, -0.2) is 20.9 Å². The van der Waals surface area contributed by atoms with E-state index < -0.39 is 20.9 Å². The molecule has 0 unspecified atom stereocenters. The van der Waals surface area contributed by atoms with Crippen molar-refractivity contribution in [2.45, 2.75) is 6.92 Å². The van der Waals surface area contributed by atoms with E-state index in [9.17, 15) is 4.39 Å². The van der Waals surface area contributed by atoms with Crippen molar-refractivity contribution in [2.75, 3.05) is 0 Å². The number of aryl methyl sites for hydroxylation is 1. The molecule has 0 radical (unpaired) electrons. The molecule has 1 heterocycles. The van der Waals surface area contributed by atoms with Crippen LogP contribution >= 0.6 is 0 Å². The van der Waals surface area contributed by atoms with Gasteiger partial charge in [0, 0.05) is 0 Å². The molecular formula is C10H8ClFOTe. The van der Waals surface area contributed by atoms with Gasteiger partial charge < -0.3 is 12.4 Å². The van der Waals surface area contributed by atoms with Gasteiger partial charge >= 0.3 is 86.0 Å². The summed E-state index contributed by atoms with van der Waals surface area (Å²) in [5, 5.41) is 0. The molecule has 0 amide bonds. The SMILES string of the molecule is Cc1cc(-c2ccc(F)cc2)[o+][te]1.[Cl-]. The summed E-state index contributed by atoms with van der Waals surface area (Å²) in [5.74, 6) is 0.680. The number of hydrogen-bond donors (Lipinski definition) is 0. The fourth-order valence-corrected chi connectivity index (χ4v) is 2.58. The molecule has 0 fully saturated rings. The Morgan fingerprint density at radius 1 is 1.21 bits per heavy atom. The second-order valence-electron chi connectivity index (χ2n) is 2.79. The van der Waals surface area contributed by atoms with E-state index in [1.54, 1.807) is 12.1 Å². The number of hydrogen-bond acceptors (Lipinski definition) is 0. The average molecular weight is 326 g/mol. The van der Waals surface area contributed by atoms with Crippen LogP contribution < -0.4 is 12.4 Å². The normalized spacial score (nSPS) is 9.57. The molecule has 14 heavy (non-hydrogen) atoms. The summed E-state index contributed by atoms with van der Waals surface area (Å²) in [6, 6.07) is 8.43. The van der Waals surface area contributed by atoms with Gasteiger partial charge in [-0.3, -0.25) is 0 Å². The molecule has 0 saturated carbocycles. The van der Waals surface area contributed by atoms with E-state index in [0.29, 0.717) is 0 Å². The smallest absolute Gasteiger partial charge is 1.00 e. The number of benzene rings is 1. The van der Waals surface area contributed by atoms with Gasteiger partial charge in [-0.25, -0.2) is 0 Å². The van der Waals surface area contributed by atoms with Crippen LogP contribution in [0.1, 0.15) is 3.58 Å². The average Bonchev–Trinajstić information content (AvgIpc) is 2.53. The van der Waals surface area contributed by atoms with Crippen LogP contribution in [0.3, 0.4) is 0 Å². The van der Waals surface area contributed by atoms with E-state index in [4.69, 9.17) is 2.76 Å². The van der Waals surface area contributed by atoms with Gasteiger partial charge in [0.15, 0.2) is 0 Å². The van der Waals surface area contributed by atoms with Gasteiger partial charge in [0.2, 0.25) is 0 Å². The molecular weight excluding hydrogens is 318 g/mol. The minimum atomic E-state index is -0.430. The third-order valence-corrected chi connectivity index (χ3v) is 3.56. The summed E-state index contributed by atoms with van der Waals surface area (Å²) in [6.07, 6.45) is 0. The predicted molar refractivity (Wildman–Crippen MR) is 50.2 cm³/mol. The summed E-state index contributed by atoms with van der Waals surface area (Å²) in [6.45, 7) is 2.07. The van der Waals surface area contributed by atoms with E-state index in [2.05, 4.69) is 6.92 Å². The molecule has 0 aliphatic carbocycles. The largest absolute Gasteiger partial charge is 1.00 e. The first-order chi connectivity index (χ1) is 6.25. The molecule has 1 aromatic heterocycles. The summed E-state index contributed by atoms with van der Waals surface area (Å²) < 4.78 is 19.4. The first kappa shape index (κ1) is 11.7. The quantitative estimate of drug-likeness (QED) is 0.519. The number of rotatable bonds is 1. The van der Waals surface area contributed by atoms with Crippen LogP contribution in [0, 0.1) is 12.7 Å². The molecule has 2 rings (SSSR count). The fraction of sp³-hybridized carbons (Fsp3) is 0.100. The summed E-state index contributed by atoms with van der Waals surface area (Å²) in [4.78, 5) is 0. The maximum absolute atomic E-state index is 12.6. The third-order valence-electron chi connectivity index (χ3n) is 1.73. The first-order valence-electron chi connectivity index (χ1n) is 3.91. The van der Waals surface area contributed by atoms with Crippen LogP contribution in [0.15, 0.2) is 33.1 Å². The van der Waals surface area contributed by atoms with Crippen LogP contribution in [0.4, 0.5) is 4.39 Å². The predicted octanol–water partition coefficient (Wildman–Crippen LogP) is -0.264. The third kappa shape index (κ3) is 2.57. The van der Waals surface area contributed by atoms with Crippen molar-refractivity contribution in [3.63, 3.8) is 0 Å². The van der Waals surface area contributed by atoms with Crippen LogP contribution in [0.2, 0.25) is 0 Å². The van der Waals surface area contributed by atoms with Crippen molar-refractivity contribution in [1.82, 2.24) is 0 Å². The maximum Gasteiger partial charge on any atom is -1.00 e. The zero-order valence-corrected chi connectivity index (χ0v) is 10.5. The van der Waals surface area contributed by atoms with E-state index >= 15 is 0 Å². The molecule has 0 spiro atoms. The fourth-order valence-electron chi connectivity index (χ4n) is 1.09. The van der Waals surface area contributed by atoms with Crippen LogP contribution in [0.25, 0.3) is 11.3 Å². The number of halogens is 2. The molecule has 0 atom stereocenters. The Morgan fingerprint density at radius 3 is 2.36 bits per heavy atom. The van der Waals surface area contributed by atoms with E-state index in [1.807, 2.05) is 6.07 Å². The topological polar surface area (TPSA) is 11.3 Å². The zero-order valence-electron chi connectivity index (χ0n) is 7.46. The van der Waals surface area contributed by atoms with Crippen LogP contribution in [-0.2, 0) is 0 Å². The molecule has 1 nitrogen and oxygen atoms in total. The van der Waals surface area contributed by atoms with Crippen molar-refractivity contribution in [1.29, 1.82) is 0 Å². The Bertz CT molecular complexity index is 410. The van der Waals surface area contributed by atoms with Gasteiger partial charge in [-0.1, -0.05) is 0 Å². The first-order valence-corrected chi connectivity index (χ1v) is 6.03. The summed E-state index contributed by atoms with van der Waals surface area (Å²) in [5.41, 5.74) is 0.961. The Kier molecular flexibility index (Phi) is 4.12. The van der Waals surface area contributed by atoms with Crippen molar-refractivity contribution < 1.29 is 19.6 Å². The molecule has 4 heteroatoms. The summed E-state index contributed by atoms with van der Waals surface area (Å²) in [7, 11) is 0. The zero-order chi connectivity index (χ0) is 9.26. The molecule has 1 aromatic carbocycles. The Balaban J connectivity index is 0.000000980. The molecule has 0 N–H and O–H groups in total. The van der Waals surface area contributed by atoms with Gasteiger partial charge in [-0.15, -0.1) is 0 Å². The molecule has 0 aliphatic heterocycles. The van der Waals surface area contributed by atoms with E-state index in [1.165, 1.54) is 15.7 Å². The Labute approximate surface area is 98.2 Å². The van der Waals surface area contributed by atoms with Crippen molar-refractivity contribution in [3.05, 3.63) is 39.7 Å². The second-order valence-corrected chi connectivity index (χ2v) is 5.58. The van der Waals surface area contributed by atoms with Gasteiger partial charge in [0.05, 0.1) is 0 Å². The van der Waals surface area contributed by atoms with Crippen LogP contribution in [0.5, 0.6) is 0 Å². The Hall–Kier alpha value is -0.360. The maximum atomic E-state index is 12.6.